The third-order valence-electron chi connectivity index (χ3n) is 4.75. The van der Waals surface area contributed by atoms with Crippen molar-refractivity contribution in [2.75, 3.05) is 10.2 Å². The van der Waals surface area contributed by atoms with Crippen LogP contribution in [-0.4, -0.2) is 6.03 Å². The molecule has 1 heterocycles. The normalized spacial score (nSPS) is 13.1. The van der Waals surface area contributed by atoms with Gasteiger partial charge in [-0.1, -0.05) is 30.3 Å². The molecule has 0 radical (unpaired) electrons. The van der Waals surface area contributed by atoms with Crippen molar-refractivity contribution in [2.45, 2.75) is 20.1 Å². The van der Waals surface area contributed by atoms with E-state index in [0.717, 1.165) is 16.8 Å². The van der Waals surface area contributed by atoms with Gasteiger partial charge in [0, 0.05) is 11.8 Å². The van der Waals surface area contributed by atoms with Crippen LogP contribution in [0, 0.1) is 18.6 Å². The van der Waals surface area contributed by atoms with Crippen LogP contribution in [0.15, 0.2) is 60.7 Å². The van der Waals surface area contributed by atoms with Gasteiger partial charge in [0.25, 0.3) is 0 Å². The Kier molecular flexibility index (Phi) is 4.69. The van der Waals surface area contributed by atoms with Crippen LogP contribution >= 0.6 is 0 Å². The standard InChI is InChI=1S/C22H18F2N2O2/c1-14-9-10-16(28-13-17-18(23)6-4-7-19(17)24)11-21(14)26-12-15-5-2-3-8-20(15)25-22(26)27/h2-11H,12-13H2,1H3,(H,25,27). The lowest BCUT2D eigenvalue weighted by Crippen LogP contribution is -2.39. The van der Waals surface area contributed by atoms with Crippen molar-refractivity contribution < 1.29 is 18.3 Å². The van der Waals surface area contributed by atoms with E-state index in [0.29, 0.717) is 18.0 Å². The zero-order valence-electron chi connectivity index (χ0n) is 15.2. The first kappa shape index (κ1) is 18.0. The number of hydrogen-bond donors (Lipinski definition) is 1. The number of hydrogen-bond acceptors (Lipinski definition) is 2. The van der Waals surface area contributed by atoms with Gasteiger partial charge in [-0.2, -0.15) is 0 Å². The van der Waals surface area contributed by atoms with Crippen LogP contribution in [0.1, 0.15) is 16.7 Å². The second-order valence-electron chi connectivity index (χ2n) is 6.61. The number of halogens is 2. The van der Waals surface area contributed by atoms with E-state index < -0.39 is 11.6 Å². The van der Waals surface area contributed by atoms with Crippen molar-refractivity contribution >= 4 is 17.4 Å². The number of nitrogens with one attached hydrogen (secondary N) is 1. The molecule has 4 nitrogen and oxygen atoms in total. The second-order valence-corrected chi connectivity index (χ2v) is 6.61. The third-order valence-corrected chi connectivity index (χ3v) is 4.75. The average Bonchev–Trinajstić information content (AvgIpc) is 2.68. The Labute approximate surface area is 161 Å². The maximum Gasteiger partial charge on any atom is 0.326 e. The molecule has 1 aliphatic heterocycles. The largest absolute Gasteiger partial charge is 0.489 e. The lowest BCUT2D eigenvalue weighted by atomic mass is 10.1. The molecular formula is C22H18F2N2O2. The molecule has 0 unspecified atom stereocenters. The Morgan fingerprint density at radius 2 is 1.79 bits per heavy atom. The maximum absolute atomic E-state index is 13.8. The molecule has 0 atom stereocenters. The molecule has 0 saturated heterocycles. The fourth-order valence-electron chi connectivity index (χ4n) is 3.20. The molecule has 6 heteroatoms. The van der Waals surface area contributed by atoms with E-state index in [1.807, 2.05) is 37.3 Å². The Hall–Kier alpha value is -3.41. The van der Waals surface area contributed by atoms with E-state index in [4.69, 9.17) is 4.74 Å². The number of urea groups is 1. The van der Waals surface area contributed by atoms with E-state index in [2.05, 4.69) is 5.32 Å². The van der Waals surface area contributed by atoms with Crippen LogP contribution in [-0.2, 0) is 13.2 Å². The molecule has 2 amide bonds. The number of aryl methyl sites for hydroxylation is 1. The first-order valence-corrected chi connectivity index (χ1v) is 8.85. The van der Waals surface area contributed by atoms with E-state index in [1.54, 1.807) is 17.0 Å². The molecule has 0 saturated carbocycles. The van der Waals surface area contributed by atoms with E-state index in [-0.39, 0.29) is 18.2 Å². The summed E-state index contributed by atoms with van der Waals surface area (Å²) in [6.07, 6.45) is 0. The summed E-state index contributed by atoms with van der Waals surface area (Å²) in [4.78, 5) is 14.2. The number of rotatable bonds is 4. The summed E-state index contributed by atoms with van der Waals surface area (Å²) in [5, 5.41) is 2.87. The van der Waals surface area contributed by atoms with E-state index in [1.165, 1.54) is 18.2 Å². The smallest absolute Gasteiger partial charge is 0.326 e. The Bertz CT molecular complexity index is 1030. The highest BCUT2D eigenvalue weighted by molar-refractivity contribution is 6.04. The highest BCUT2D eigenvalue weighted by atomic mass is 19.1. The number of amides is 2. The number of ether oxygens (including phenoxy) is 1. The number of anilines is 2. The Balaban J connectivity index is 1.59. The summed E-state index contributed by atoms with van der Waals surface area (Å²) in [5.41, 5.74) is 3.23. The van der Waals surface area contributed by atoms with Gasteiger partial charge in [-0.15, -0.1) is 0 Å². The SMILES string of the molecule is Cc1ccc(OCc2c(F)cccc2F)cc1N1Cc2ccccc2NC1=O. The number of carbonyl (C=O) groups is 1. The minimum atomic E-state index is -0.653. The van der Waals surface area contributed by atoms with Crippen molar-refractivity contribution in [1.82, 2.24) is 0 Å². The van der Waals surface area contributed by atoms with Crippen molar-refractivity contribution in [1.29, 1.82) is 0 Å². The number of benzene rings is 3. The van der Waals surface area contributed by atoms with Gasteiger partial charge in [0.15, 0.2) is 0 Å². The highest BCUT2D eigenvalue weighted by Crippen LogP contribution is 2.32. The molecule has 3 aromatic carbocycles. The molecule has 0 fully saturated rings. The van der Waals surface area contributed by atoms with Crippen LogP contribution in [0.4, 0.5) is 25.0 Å². The molecule has 3 aromatic rings. The van der Waals surface area contributed by atoms with Crippen LogP contribution < -0.4 is 15.0 Å². The molecule has 4 rings (SSSR count). The first-order chi connectivity index (χ1) is 13.5. The second kappa shape index (κ2) is 7.31. The summed E-state index contributed by atoms with van der Waals surface area (Å²) in [6.45, 7) is 2.08. The fraction of sp³-hybridized carbons (Fsp3) is 0.136. The quantitative estimate of drug-likeness (QED) is 0.658. The lowest BCUT2D eigenvalue weighted by Gasteiger charge is -2.30. The summed E-state index contributed by atoms with van der Waals surface area (Å²) >= 11 is 0. The van der Waals surface area contributed by atoms with Crippen molar-refractivity contribution in [2.24, 2.45) is 0 Å². The predicted octanol–water partition coefficient (Wildman–Crippen LogP) is 5.40. The van der Waals surface area contributed by atoms with Crippen LogP contribution in [0.2, 0.25) is 0 Å². The minimum absolute atomic E-state index is 0.130. The predicted molar refractivity (Wildman–Crippen MR) is 104 cm³/mol. The Morgan fingerprint density at radius 3 is 2.57 bits per heavy atom. The molecule has 0 bridgehead atoms. The summed E-state index contributed by atoms with van der Waals surface area (Å²) in [7, 11) is 0. The van der Waals surface area contributed by atoms with Gasteiger partial charge in [0.05, 0.1) is 17.8 Å². The molecule has 142 valence electrons. The van der Waals surface area contributed by atoms with Crippen LogP contribution in [0.3, 0.4) is 0 Å². The summed E-state index contributed by atoms with van der Waals surface area (Å²) in [5.74, 6) is -0.881. The van der Waals surface area contributed by atoms with Gasteiger partial charge in [0.2, 0.25) is 0 Å². The van der Waals surface area contributed by atoms with Gasteiger partial charge in [-0.25, -0.2) is 13.6 Å². The molecule has 0 aromatic heterocycles. The molecule has 1 N–H and O–H groups in total. The zero-order valence-corrected chi connectivity index (χ0v) is 15.2. The number of nitrogens with zero attached hydrogens (tertiary/aromatic N) is 1. The van der Waals surface area contributed by atoms with Crippen molar-refractivity contribution in [3.63, 3.8) is 0 Å². The van der Waals surface area contributed by atoms with Crippen molar-refractivity contribution in [3.8, 4) is 5.75 Å². The van der Waals surface area contributed by atoms with Crippen LogP contribution in [0.5, 0.6) is 5.75 Å². The molecule has 0 spiro atoms. The lowest BCUT2D eigenvalue weighted by molar-refractivity contribution is 0.256. The average molecular weight is 380 g/mol. The summed E-state index contributed by atoms with van der Waals surface area (Å²) in [6, 6.07) is 16.3. The maximum atomic E-state index is 13.8. The van der Waals surface area contributed by atoms with Crippen LogP contribution in [0.25, 0.3) is 0 Å². The topological polar surface area (TPSA) is 41.6 Å². The van der Waals surface area contributed by atoms with Gasteiger partial charge in [0.1, 0.15) is 24.0 Å². The number of carbonyl (C=O) groups excluding carboxylic acids is 1. The highest BCUT2D eigenvalue weighted by Gasteiger charge is 2.25. The molecular weight excluding hydrogens is 362 g/mol. The van der Waals surface area contributed by atoms with Gasteiger partial charge in [-0.3, -0.25) is 4.90 Å². The van der Waals surface area contributed by atoms with E-state index in [9.17, 15) is 13.6 Å². The fourth-order valence-corrected chi connectivity index (χ4v) is 3.20. The summed E-state index contributed by atoms with van der Waals surface area (Å²) < 4.78 is 33.2. The first-order valence-electron chi connectivity index (χ1n) is 8.85. The number of fused-ring (bicyclic) bond motifs is 1. The van der Waals surface area contributed by atoms with Gasteiger partial charge < -0.3 is 10.1 Å². The van der Waals surface area contributed by atoms with Gasteiger partial charge >= 0.3 is 6.03 Å². The zero-order chi connectivity index (χ0) is 19.7. The number of para-hydroxylation sites is 1. The monoisotopic (exact) mass is 380 g/mol. The van der Waals surface area contributed by atoms with E-state index >= 15 is 0 Å². The minimum Gasteiger partial charge on any atom is -0.489 e. The van der Waals surface area contributed by atoms with Gasteiger partial charge in [-0.05, 0) is 42.3 Å². The molecule has 0 aliphatic carbocycles. The Morgan fingerprint density at radius 1 is 1.04 bits per heavy atom. The third kappa shape index (κ3) is 3.41. The molecule has 28 heavy (non-hydrogen) atoms. The molecule has 1 aliphatic rings. The van der Waals surface area contributed by atoms with Crippen molar-refractivity contribution in [3.05, 3.63) is 89.0 Å².